The van der Waals surface area contributed by atoms with Crippen molar-refractivity contribution in [1.29, 1.82) is 0 Å². The van der Waals surface area contributed by atoms with E-state index in [1.807, 2.05) is 19.1 Å². The van der Waals surface area contributed by atoms with Crippen molar-refractivity contribution in [1.82, 2.24) is 0 Å². The van der Waals surface area contributed by atoms with Gasteiger partial charge >= 0.3 is 142 Å². The summed E-state index contributed by atoms with van der Waals surface area (Å²) < 4.78 is 10.1. The first-order valence-corrected chi connectivity index (χ1v) is 16.5. The summed E-state index contributed by atoms with van der Waals surface area (Å²) in [5, 5.41) is 0. The molecule has 0 aliphatic carbocycles. The van der Waals surface area contributed by atoms with Crippen molar-refractivity contribution in [2.24, 2.45) is 0 Å². The third-order valence-electron chi connectivity index (χ3n) is 4.46. The van der Waals surface area contributed by atoms with Gasteiger partial charge in [0.2, 0.25) is 0 Å². The quantitative estimate of drug-likeness (QED) is 0.168. The van der Waals surface area contributed by atoms with Crippen LogP contribution in [-0.4, -0.2) is 31.5 Å². The molecule has 0 N–H and O–H groups in total. The number of carbonyl (C=O) groups is 1. The summed E-state index contributed by atoms with van der Waals surface area (Å²) in [4.78, 5) is 12.5. The molecule has 0 amide bonds. The number of esters is 1. The van der Waals surface area contributed by atoms with E-state index in [0.29, 0.717) is 0 Å². The summed E-state index contributed by atoms with van der Waals surface area (Å²) in [6.45, 7) is 8.77. The Bertz CT molecular complexity index is 337. The van der Waals surface area contributed by atoms with Crippen LogP contribution in [0.5, 0.6) is 0 Å². The van der Waals surface area contributed by atoms with Crippen LogP contribution in [-0.2, 0) is 9.53 Å². The summed E-state index contributed by atoms with van der Waals surface area (Å²) in [6.07, 6.45) is 13.6. The van der Waals surface area contributed by atoms with Gasteiger partial charge in [0.15, 0.2) is 0 Å². The van der Waals surface area contributed by atoms with Gasteiger partial charge in [-0.2, -0.15) is 0 Å². The molecular formula is C19H36O2Sn. The zero-order chi connectivity index (χ0) is 16.8. The summed E-state index contributed by atoms with van der Waals surface area (Å²) in [7, 11) is 1.53. The summed E-state index contributed by atoms with van der Waals surface area (Å²) in [6, 6.07) is 0. The molecule has 0 aliphatic heterocycles. The first kappa shape index (κ1) is 21.7. The molecule has 0 aromatic carbocycles. The Morgan fingerprint density at radius 1 is 0.955 bits per heavy atom. The van der Waals surface area contributed by atoms with E-state index in [4.69, 9.17) is 4.74 Å². The Hall–Kier alpha value is -0.251. The van der Waals surface area contributed by atoms with Crippen LogP contribution in [0.1, 0.15) is 66.2 Å². The number of hydrogen-bond donors (Lipinski definition) is 0. The molecule has 0 radical (unpaired) electrons. The fourth-order valence-electron chi connectivity index (χ4n) is 3.09. The van der Waals surface area contributed by atoms with E-state index in [1.165, 1.54) is 58.9 Å². The number of rotatable bonds is 12. The zero-order valence-electron chi connectivity index (χ0n) is 15.4. The van der Waals surface area contributed by atoms with Crippen LogP contribution in [0.2, 0.25) is 13.3 Å². The van der Waals surface area contributed by atoms with Crippen molar-refractivity contribution in [3.8, 4) is 0 Å². The summed E-state index contributed by atoms with van der Waals surface area (Å²) in [5.74, 6) is -0.0581. The number of hydrogen-bond acceptors (Lipinski definition) is 2. The maximum atomic E-state index is 12.5. The Kier molecular flexibility index (Phi) is 13.1. The van der Waals surface area contributed by atoms with E-state index in [0.717, 1.165) is 3.59 Å². The molecule has 0 aliphatic rings. The average molecular weight is 415 g/mol. The van der Waals surface area contributed by atoms with E-state index in [2.05, 4.69) is 26.8 Å². The van der Waals surface area contributed by atoms with Crippen molar-refractivity contribution in [2.45, 2.75) is 79.5 Å². The molecule has 22 heavy (non-hydrogen) atoms. The van der Waals surface area contributed by atoms with Gasteiger partial charge in [-0.15, -0.1) is 0 Å². The van der Waals surface area contributed by atoms with Crippen molar-refractivity contribution < 1.29 is 9.53 Å². The van der Waals surface area contributed by atoms with Crippen LogP contribution in [0.4, 0.5) is 0 Å². The number of methoxy groups -OCH3 is 1. The van der Waals surface area contributed by atoms with E-state index in [-0.39, 0.29) is 5.97 Å². The van der Waals surface area contributed by atoms with Crippen molar-refractivity contribution >= 4 is 24.3 Å². The normalized spacial score (nSPS) is 12.9. The second kappa shape index (κ2) is 13.2. The van der Waals surface area contributed by atoms with Crippen molar-refractivity contribution in [2.75, 3.05) is 7.11 Å². The molecule has 2 nitrogen and oxygen atoms in total. The topological polar surface area (TPSA) is 26.3 Å². The molecule has 0 bridgehead atoms. The van der Waals surface area contributed by atoms with Crippen LogP contribution >= 0.6 is 0 Å². The molecule has 0 atom stereocenters. The summed E-state index contributed by atoms with van der Waals surface area (Å²) >= 11 is -2.67. The number of allylic oxidation sites excluding steroid dienone is 3. The molecule has 3 heteroatoms. The van der Waals surface area contributed by atoms with Crippen LogP contribution in [0.25, 0.3) is 0 Å². The predicted molar refractivity (Wildman–Crippen MR) is 99.8 cm³/mol. The molecule has 0 saturated carbocycles. The van der Waals surface area contributed by atoms with Gasteiger partial charge in [-0.25, -0.2) is 0 Å². The third kappa shape index (κ3) is 7.34. The molecule has 0 saturated heterocycles. The van der Waals surface area contributed by atoms with Crippen molar-refractivity contribution in [3.63, 3.8) is 0 Å². The zero-order valence-corrected chi connectivity index (χ0v) is 18.3. The standard InChI is InChI=1S/C7H9O2.3C4H9.Sn/c1-3-4-5-6-7(8)9-2;3*1-3-4-2;/h3-5H,1-2H3;3*1,3-4H2,2H3;/b4-3+,6-5?;;;;. The van der Waals surface area contributed by atoms with Gasteiger partial charge in [0.05, 0.1) is 0 Å². The molecular weight excluding hydrogens is 379 g/mol. The second-order valence-corrected chi connectivity index (χ2v) is 19.3. The van der Waals surface area contributed by atoms with Gasteiger partial charge in [-0.1, -0.05) is 0 Å². The predicted octanol–water partition coefficient (Wildman–Crippen LogP) is 6.05. The maximum absolute atomic E-state index is 12.5. The minimum atomic E-state index is -2.67. The Morgan fingerprint density at radius 2 is 1.41 bits per heavy atom. The third-order valence-corrected chi connectivity index (χ3v) is 20.0. The Balaban J connectivity index is 5.69. The van der Waals surface area contributed by atoms with E-state index >= 15 is 0 Å². The molecule has 0 unspecified atom stereocenters. The summed E-state index contributed by atoms with van der Waals surface area (Å²) in [5.41, 5.74) is 0. The Morgan fingerprint density at radius 3 is 1.73 bits per heavy atom. The first-order valence-electron chi connectivity index (χ1n) is 9.03. The first-order chi connectivity index (χ1) is 10.6. The molecule has 0 aromatic heterocycles. The van der Waals surface area contributed by atoms with Gasteiger partial charge < -0.3 is 0 Å². The molecule has 128 valence electrons. The van der Waals surface area contributed by atoms with Gasteiger partial charge in [0.1, 0.15) is 0 Å². The van der Waals surface area contributed by atoms with E-state index in [1.54, 1.807) is 0 Å². The number of carbonyl (C=O) groups excluding carboxylic acids is 1. The molecule has 0 heterocycles. The van der Waals surface area contributed by atoms with Crippen LogP contribution in [0, 0.1) is 0 Å². The van der Waals surface area contributed by atoms with Crippen LogP contribution in [0.3, 0.4) is 0 Å². The SMILES string of the molecule is C/C=C/C=[C](/C(=O)OC)[Sn]([CH2]CCC)([CH2]CCC)[CH2]CCC. The van der Waals surface area contributed by atoms with Gasteiger partial charge in [0.25, 0.3) is 0 Å². The van der Waals surface area contributed by atoms with Crippen LogP contribution in [0.15, 0.2) is 21.8 Å². The van der Waals surface area contributed by atoms with Crippen molar-refractivity contribution in [3.05, 3.63) is 21.8 Å². The van der Waals surface area contributed by atoms with Gasteiger partial charge in [0, 0.05) is 0 Å². The van der Waals surface area contributed by atoms with Gasteiger partial charge in [-0.3, -0.25) is 0 Å². The second-order valence-electron chi connectivity index (χ2n) is 6.19. The minimum absolute atomic E-state index is 0.0581. The Labute approximate surface area is 142 Å². The van der Waals surface area contributed by atoms with Gasteiger partial charge in [-0.05, 0) is 0 Å². The number of ether oxygens (including phenoxy) is 1. The molecule has 0 aromatic rings. The monoisotopic (exact) mass is 416 g/mol. The van der Waals surface area contributed by atoms with Crippen LogP contribution < -0.4 is 0 Å². The molecule has 0 rings (SSSR count). The number of unbranched alkanes of at least 4 members (excludes halogenated alkanes) is 3. The van der Waals surface area contributed by atoms with E-state index in [9.17, 15) is 4.79 Å². The average Bonchev–Trinajstić information content (AvgIpc) is 2.55. The fourth-order valence-corrected chi connectivity index (χ4v) is 19.2. The molecule has 0 fully saturated rings. The fraction of sp³-hybridized carbons (Fsp3) is 0.737. The van der Waals surface area contributed by atoms with E-state index < -0.39 is 18.4 Å². The molecule has 0 spiro atoms.